The number of carbonyl (C=O) groups excluding carboxylic acids is 1. The molecule has 1 aromatic heterocycles. The lowest BCUT2D eigenvalue weighted by Crippen LogP contribution is -2.49. The maximum atomic E-state index is 12.1. The van der Waals surface area contributed by atoms with Gasteiger partial charge in [0.2, 0.25) is 0 Å². The lowest BCUT2D eigenvalue weighted by molar-refractivity contribution is 0.0635. The Hall–Kier alpha value is -1.46. The van der Waals surface area contributed by atoms with Crippen molar-refractivity contribution in [3.05, 3.63) is 30.1 Å². The molecule has 0 aromatic carbocycles. The van der Waals surface area contributed by atoms with Crippen LogP contribution in [-0.4, -0.2) is 60.0 Å². The summed E-state index contributed by atoms with van der Waals surface area (Å²) in [6, 6.07) is 5.41. The van der Waals surface area contributed by atoms with Crippen molar-refractivity contribution in [2.75, 3.05) is 39.3 Å². The summed E-state index contributed by atoms with van der Waals surface area (Å²) in [5.74, 6) is 0.0259. The standard InChI is InChI=1S/C12H18N4O/c13-4-6-15-7-9-16(10-8-15)12(17)11-3-1-2-5-14-11/h1-3,5H,4,6-10,13H2. The number of carbonyl (C=O) groups is 1. The highest BCUT2D eigenvalue weighted by Crippen LogP contribution is 2.06. The van der Waals surface area contributed by atoms with Crippen molar-refractivity contribution in [2.45, 2.75) is 0 Å². The molecule has 1 aromatic rings. The topological polar surface area (TPSA) is 62.5 Å². The number of hydrogen-bond donors (Lipinski definition) is 1. The SMILES string of the molecule is NCCN1CCN(C(=O)c2ccccn2)CC1. The first-order valence-electron chi connectivity index (χ1n) is 5.94. The number of amides is 1. The summed E-state index contributed by atoms with van der Waals surface area (Å²) in [6.45, 7) is 4.90. The average molecular weight is 234 g/mol. The fourth-order valence-corrected chi connectivity index (χ4v) is 2.01. The summed E-state index contributed by atoms with van der Waals surface area (Å²) in [7, 11) is 0. The maximum Gasteiger partial charge on any atom is 0.272 e. The van der Waals surface area contributed by atoms with Gasteiger partial charge < -0.3 is 10.6 Å². The Bertz CT molecular complexity index is 360. The van der Waals surface area contributed by atoms with Gasteiger partial charge in [-0.1, -0.05) is 6.07 Å². The lowest BCUT2D eigenvalue weighted by atomic mass is 10.2. The van der Waals surface area contributed by atoms with Crippen molar-refractivity contribution in [2.24, 2.45) is 5.73 Å². The van der Waals surface area contributed by atoms with Gasteiger partial charge in [-0.15, -0.1) is 0 Å². The summed E-state index contributed by atoms with van der Waals surface area (Å²) in [6.07, 6.45) is 1.65. The molecule has 17 heavy (non-hydrogen) atoms. The molecule has 5 heteroatoms. The van der Waals surface area contributed by atoms with Crippen LogP contribution in [0.25, 0.3) is 0 Å². The number of hydrogen-bond acceptors (Lipinski definition) is 4. The monoisotopic (exact) mass is 234 g/mol. The maximum absolute atomic E-state index is 12.1. The summed E-state index contributed by atoms with van der Waals surface area (Å²) < 4.78 is 0. The van der Waals surface area contributed by atoms with E-state index in [1.54, 1.807) is 12.3 Å². The zero-order chi connectivity index (χ0) is 12.1. The van der Waals surface area contributed by atoms with Crippen molar-refractivity contribution in [3.63, 3.8) is 0 Å². The predicted octanol–water partition coefficient (Wildman–Crippen LogP) is -0.202. The molecule has 1 amide bonds. The molecule has 0 unspecified atom stereocenters. The first-order valence-corrected chi connectivity index (χ1v) is 5.94. The average Bonchev–Trinajstić information content (AvgIpc) is 2.40. The molecule has 1 aliphatic rings. The smallest absolute Gasteiger partial charge is 0.272 e. The Labute approximate surface area is 101 Å². The highest BCUT2D eigenvalue weighted by molar-refractivity contribution is 5.92. The van der Waals surface area contributed by atoms with Gasteiger partial charge in [0, 0.05) is 45.5 Å². The van der Waals surface area contributed by atoms with Crippen LogP contribution in [-0.2, 0) is 0 Å². The normalized spacial score (nSPS) is 17.1. The fraction of sp³-hybridized carbons (Fsp3) is 0.500. The van der Waals surface area contributed by atoms with Crippen LogP contribution in [0, 0.1) is 0 Å². The number of nitrogens with zero attached hydrogens (tertiary/aromatic N) is 3. The van der Waals surface area contributed by atoms with Crippen LogP contribution >= 0.6 is 0 Å². The molecule has 92 valence electrons. The second-order valence-electron chi connectivity index (χ2n) is 4.14. The molecule has 5 nitrogen and oxygen atoms in total. The first-order chi connectivity index (χ1) is 8.31. The van der Waals surface area contributed by atoms with Crippen LogP contribution in [0.5, 0.6) is 0 Å². The molecule has 0 bridgehead atoms. The molecule has 1 saturated heterocycles. The van der Waals surface area contributed by atoms with E-state index in [1.807, 2.05) is 17.0 Å². The second-order valence-corrected chi connectivity index (χ2v) is 4.14. The molecular formula is C12H18N4O. The lowest BCUT2D eigenvalue weighted by Gasteiger charge is -2.34. The van der Waals surface area contributed by atoms with Crippen LogP contribution in [0.3, 0.4) is 0 Å². The molecule has 2 heterocycles. The number of nitrogens with two attached hydrogens (primary N) is 1. The highest BCUT2D eigenvalue weighted by atomic mass is 16.2. The van der Waals surface area contributed by atoms with Gasteiger partial charge in [0.05, 0.1) is 0 Å². The quantitative estimate of drug-likeness (QED) is 0.786. The molecule has 0 saturated carbocycles. The van der Waals surface area contributed by atoms with Gasteiger partial charge in [0.15, 0.2) is 0 Å². The minimum atomic E-state index is 0.0259. The van der Waals surface area contributed by atoms with E-state index in [9.17, 15) is 4.79 Å². The highest BCUT2D eigenvalue weighted by Gasteiger charge is 2.21. The third kappa shape index (κ3) is 3.01. The number of aromatic nitrogens is 1. The Kier molecular flexibility index (Phi) is 4.06. The van der Waals surface area contributed by atoms with E-state index in [4.69, 9.17) is 5.73 Å². The molecular weight excluding hydrogens is 216 g/mol. The Balaban J connectivity index is 1.91. The van der Waals surface area contributed by atoms with Crippen molar-refractivity contribution < 1.29 is 4.79 Å². The minimum absolute atomic E-state index is 0.0259. The van der Waals surface area contributed by atoms with Gasteiger partial charge in [-0.3, -0.25) is 14.7 Å². The van der Waals surface area contributed by atoms with Crippen molar-refractivity contribution in [1.29, 1.82) is 0 Å². The molecule has 0 aliphatic carbocycles. The molecule has 1 aliphatic heterocycles. The molecule has 2 N–H and O–H groups in total. The Morgan fingerprint density at radius 3 is 2.65 bits per heavy atom. The van der Waals surface area contributed by atoms with Crippen LogP contribution < -0.4 is 5.73 Å². The van der Waals surface area contributed by atoms with E-state index in [1.165, 1.54) is 0 Å². The molecule has 0 atom stereocenters. The van der Waals surface area contributed by atoms with Crippen LogP contribution in [0.4, 0.5) is 0 Å². The van der Waals surface area contributed by atoms with E-state index in [0.29, 0.717) is 12.2 Å². The van der Waals surface area contributed by atoms with Crippen LogP contribution in [0.1, 0.15) is 10.5 Å². The van der Waals surface area contributed by atoms with E-state index in [-0.39, 0.29) is 5.91 Å². The van der Waals surface area contributed by atoms with Gasteiger partial charge >= 0.3 is 0 Å². The van der Waals surface area contributed by atoms with E-state index in [0.717, 1.165) is 32.7 Å². The summed E-state index contributed by atoms with van der Waals surface area (Å²) in [5.41, 5.74) is 6.04. The Morgan fingerprint density at radius 2 is 2.06 bits per heavy atom. The Morgan fingerprint density at radius 1 is 1.29 bits per heavy atom. The van der Waals surface area contributed by atoms with Crippen LogP contribution in [0.15, 0.2) is 24.4 Å². The summed E-state index contributed by atoms with van der Waals surface area (Å²) in [5, 5.41) is 0. The van der Waals surface area contributed by atoms with E-state index < -0.39 is 0 Å². The van der Waals surface area contributed by atoms with E-state index >= 15 is 0 Å². The van der Waals surface area contributed by atoms with Crippen molar-refractivity contribution in [3.8, 4) is 0 Å². The van der Waals surface area contributed by atoms with Gasteiger partial charge in [0.25, 0.3) is 5.91 Å². The molecule has 1 fully saturated rings. The molecule has 0 radical (unpaired) electrons. The fourth-order valence-electron chi connectivity index (χ4n) is 2.01. The summed E-state index contributed by atoms with van der Waals surface area (Å²) in [4.78, 5) is 20.3. The minimum Gasteiger partial charge on any atom is -0.335 e. The third-order valence-electron chi connectivity index (χ3n) is 2.99. The predicted molar refractivity (Wildman–Crippen MR) is 65.6 cm³/mol. The van der Waals surface area contributed by atoms with E-state index in [2.05, 4.69) is 9.88 Å². The van der Waals surface area contributed by atoms with Gasteiger partial charge in [-0.25, -0.2) is 0 Å². The zero-order valence-corrected chi connectivity index (χ0v) is 9.88. The molecule has 0 spiro atoms. The number of piperazine rings is 1. The summed E-state index contributed by atoms with van der Waals surface area (Å²) >= 11 is 0. The largest absolute Gasteiger partial charge is 0.335 e. The third-order valence-corrected chi connectivity index (χ3v) is 2.99. The van der Waals surface area contributed by atoms with Gasteiger partial charge in [0.1, 0.15) is 5.69 Å². The second kappa shape index (κ2) is 5.75. The van der Waals surface area contributed by atoms with Crippen molar-refractivity contribution in [1.82, 2.24) is 14.8 Å². The number of pyridine rings is 1. The van der Waals surface area contributed by atoms with Gasteiger partial charge in [-0.05, 0) is 12.1 Å². The van der Waals surface area contributed by atoms with Crippen LogP contribution in [0.2, 0.25) is 0 Å². The van der Waals surface area contributed by atoms with Gasteiger partial charge in [-0.2, -0.15) is 0 Å². The first kappa shape index (κ1) is 12.0. The van der Waals surface area contributed by atoms with Crippen molar-refractivity contribution >= 4 is 5.91 Å². The molecule has 2 rings (SSSR count). The zero-order valence-electron chi connectivity index (χ0n) is 9.88. The number of rotatable bonds is 3.